The minimum absolute atomic E-state index is 0.163. The first-order chi connectivity index (χ1) is 11.7. The van der Waals surface area contributed by atoms with E-state index in [0.717, 1.165) is 5.56 Å². The summed E-state index contributed by atoms with van der Waals surface area (Å²) in [6.07, 6.45) is 8.38. The van der Waals surface area contributed by atoms with Gasteiger partial charge in [-0.25, -0.2) is 0 Å². The van der Waals surface area contributed by atoms with Crippen molar-refractivity contribution in [1.82, 2.24) is 0 Å². The molecule has 0 radical (unpaired) electrons. The Kier molecular flexibility index (Phi) is 6.04. The molecule has 0 aliphatic carbocycles. The summed E-state index contributed by atoms with van der Waals surface area (Å²) in [7, 11) is 3.08. The Labute approximate surface area is 141 Å². The van der Waals surface area contributed by atoms with Crippen molar-refractivity contribution in [3.05, 3.63) is 59.7 Å². The summed E-state index contributed by atoms with van der Waals surface area (Å²) in [6.45, 7) is 0.204. The fourth-order valence-electron chi connectivity index (χ4n) is 2.10. The Morgan fingerprint density at radius 2 is 1.96 bits per heavy atom. The number of rotatable bonds is 7. The van der Waals surface area contributed by atoms with Gasteiger partial charge in [-0.15, -0.1) is 6.42 Å². The van der Waals surface area contributed by atoms with Crippen LogP contribution in [0.25, 0.3) is 6.08 Å². The van der Waals surface area contributed by atoms with Gasteiger partial charge in [-0.1, -0.05) is 24.1 Å². The molecule has 0 aliphatic rings. The van der Waals surface area contributed by atoms with Gasteiger partial charge < -0.3 is 14.2 Å². The topological polar surface area (TPSA) is 44.8 Å². The molecular weight excluding hydrogens is 304 g/mol. The van der Waals surface area contributed by atoms with Crippen molar-refractivity contribution in [1.29, 1.82) is 0 Å². The lowest BCUT2D eigenvalue weighted by molar-refractivity contribution is 0.104. The van der Waals surface area contributed by atoms with Gasteiger partial charge in [0.05, 0.1) is 19.8 Å². The SMILES string of the molecule is C#CCOc1cccc(/C=C/C(=O)c2ccc(OC)cc2OC)c1. The minimum atomic E-state index is -0.163. The van der Waals surface area contributed by atoms with Crippen LogP contribution in [0.2, 0.25) is 0 Å². The van der Waals surface area contributed by atoms with Gasteiger partial charge in [0.15, 0.2) is 5.78 Å². The molecule has 0 amide bonds. The van der Waals surface area contributed by atoms with Crippen molar-refractivity contribution in [3.63, 3.8) is 0 Å². The number of ether oxygens (including phenoxy) is 3. The van der Waals surface area contributed by atoms with Crippen molar-refractivity contribution < 1.29 is 19.0 Å². The Morgan fingerprint density at radius 3 is 2.67 bits per heavy atom. The van der Waals surface area contributed by atoms with E-state index in [-0.39, 0.29) is 12.4 Å². The summed E-state index contributed by atoms with van der Waals surface area (Å²) in [5.74, 6) is 4.00. The summed E-state index contributed by atoms with van der Waals surface area (Å²) >= 11 is 0. The maximum atomic E-state index is 12.4. The number of benzene rings is 2. The Balaban J connectivity index is 2.17. The lowest BCUT2D eigenvalue weighted by Gasteiger charge is -2.08. The zero-order chi connectivity index (χ0) is 17.4. The number of ketones is 1. The van der Waals surface area contributed by atoms with E-state index in [9.17, 15) is 4.79 Å². The van der Waals surface area contributed by atoms with Crippen LogP contribution in [0.1, 0.15) is 15.9 Å². The van der Waals surface area contributed by atoms with E-state index in [4.69, 9.17) is 20.6 Å². The van der Waals surface area contributed by atoms with Gasteiger partial charge in [-0.05, 0) is 35.9 Å². The monoisotopic (exact) mass is 322 g/mol. The number of methoxy groups -OCH3 is 2. The van der Waals surface area contributed by atoms with Crippen molar-refractivity contribution in [3.8, 4) is 29.6 Å². The number of hydrogen-bond acceptors (Lipinski definition) is 4. The predicted molar refractivity (Wildman–Crippen MR) is 93.7 cm³/mol. The summed E-state index contributed by atoms with van der Waals surface area (Å²) in [5, 5.41) is 0. The van der Waals surface area contributed by atoms with Crippen LogP contribution in [-0.2, 0) is 0 Å². The van der Waals surface area contributed by atoms with Gasteiger partial charge in [0.1, 0.15) is 23.9 Å². The average molecular weight is 322 g/mol. The second-order valence-electron chi connectivity index (χ2n) is 4.83. The lowest BCUT2D eigenvalue weighted by Crippen LogP contribution is -1.99. The largest absolute Gasteiger partial charge is 0.497 e. The molecule has 2 aromatic carbocycles. The normalized spacial score (nSPS) is 10.2. The standard InChI is InChI=1S/C20H18O4/c1-4-12-24-17-7-5-6-15(13-17)8-11-19(21)18-10-9-16(22-2)14-20(18)23-3/h1,5-11,13-14H,12H2,2-3H3/b11-8+. The summed E-state index contributed by atoms with van der Waals surface area (Å²) in [5.41, 5.74) is 1.31. The van der Waals surface area contributed by atoms with E-state index in [1.54, 1.807) is 31.4 Å². The first kappa shape index (κ1) is 17.2. The highest BCUT2D eigenvalue weighted by Gasteiger charge is 2.10. The van der Waals surface area contributed by atoms with Gasteiger partial charge in [-0.3, -0.25) is 4.79 Å². The molecule has 24 heavy (non-hydrogen) atoms. The van der Waals surface area contributed by atoms with Gasteiger partial charge in [-0.2, -0.15) is 0 Å². The van der Waals surface area contributed by atoms with E-state index >= 15 is 0 Å². The highest BCUT2D eigenvalue weighted by molar-refractivity contribution is 6.08. The van der Waals surface area contributed by atoms with Crippen LogP contribution in [0, 0.1) is 12.3 Å². The molecule has 0 spiro atoms. The number of allylic oxidation sites excluding steroid dienone is 1. The Bertz CT molecular complexity index is 784. The molecule has 2 aromatic rings. The fourth-order valence-corrected chi connectivity index (χ4v) is 2.10. The smallest absolute Gasteiger partial charge is 0.189 e. The summed E-state index contributed by atoms with van der Waals surface area (Å²) < 4.78 is 15.7. The molecule has 0 saturated carbocycles. The fraction of sp³-hybridized carbons (Fsp3) is 0.150. The maximum Gasteiger partial charge on any atom is 0.189 e. The molecule has 122 valence electrons. The third-order valence-electron chi connectivity index (χ3n) is 3.28. The molecule has 0 fully saturated rings. The average Bonchev–Trinajstić information content (AvgIpc) is 2.64. The van der Waals surface area contributed by atoms with Crippen molar-refractivity contribution >= 4 is 11.9 Å². The summed E-state index contributed by atoms with van der Waals surface area (Å²) in [4.78, 5) is 12.4. The van der Waals surface area contributed by atoms with E-state index < -0.39 is 0 Å². The molecule has 2 rings (SSSR count). The van der Waals surface area contributed by atoms with Crippen LogP contribution in [0.4, 0.5) is 0 Å². The Morgan fingerprint density at radius 1 is 1.12 bits per heavy atom. The highest BCUT2D eigenvalue weighted by atomic mass is 16.5. The molecular formula is C20H18O4. The molecule has 0 aliphatic heterocycles. The van der Waals surface area contributed by atoms with Crippen LogP contribution in [-0.4, -0.2) is 26.6 Å². The van der Waals surface area contributed by atoms with Crippen molar-refractivity contribution in [2.75, 3.05) is 20.8 Å². The molecule has 4 heteroatoms. The first-order valence-electron chi connectivity index (χ1n) is 7.28. The van der Waals surface area contributed by atoms with Crippen LogP contribution >= 0.6 is 0 Å². The number of hydrogen-bond donors (Lipinski definition) is 0. The molecule has 0 aromatic heterocycles. The predicted octanol–water partition coefficient (Wildman–Crippen LogP) is 3.61. The van der Waals surface area contributed by atoms with Gasteiger partial charge >= 0.3 is 0 Å². The zero-order valence-corrected chi connectivity index (χ0v) is 13.6. The third kappa shape index (κ3) is 4.40. The molecule has 0 N–H and O–H groups in total. The molecule has 0 atom stereocenters. The molecule has 4 nitrogen and oxygen atoms in total. The lowest BCUT2D eigenvalue weighted by atomic mass is 10.1. The van der Waals surface area contributed by atoms with Crippen molar-refractivity contribution in [2.45, 2.75) is 0 Å². The van der Waals surface area contributed by atoms with Crippen molar-refractivity contribution in [2.24, 2.45) is 0 Å². The van der Waals surface area contributed by atoms with Crippen LogP contribution in [0.15, 0.2) is 48.5 Å². The molecule has 0 saturated heterocycles. The second kappa shape index (κ2) is 8.44. The van der Waals surface area contributed by atoms with E-state index in [0.29, 0.717) is 22.8 Å². The number of carbonyl (C=O) groups excluding carboxylic acids is 1. The molecule has 0 unspecified atom stereocenters. The van der Waals surface area contributed by atoms with Gasteiger partial charge in [0, 0.05) is 6.07 Å². The van der Waals surface area contributed by atoms with Crippen LogP contribution < -0.4 is 14.2 Å². The quantitative estimate of drug-likeness (QED) is 0.444. The second-order valence-corrected chi connectivity index (χ2v) is 4.83. The van der Waals surface area contributed by atoms with Crippen LogP contribution in [0.5, 0.6) is 17.2 Å². The minimum Gasteiger partial charge on any atom is -0.497 e. The van der Waals surface area contributed by atoms with E-state index in [1.165, 1.54) is 13.2 Å². The van der Waals surface area contributed by atoms with Gasteiger partial charge in [0.2, 0.25) is 0 Å². The zero-order valence-electron chi connectivity index (χ0n) is 13.6. The van der Waals surface area contributed by atoms with Gasteiger partial charge in [0.25, 0.3) is 0 Å². The van der Waals surface area contributed by atoms with E-state index in [2.05, 4.69) is 5.92 Å². The van der Waals surface area contributed by atoms with Crippen LogP contribution in [0.3, 0.4) is 0 Å². The van der Waals surface area contributed by atoms with E-state index in [1.807, 2.05) is 24.3 Å². The highest BCUT2D eigenvalue weighted by Crippen LogP contribution is 2.25. The molecule has 0 bridgehead atoms. The first-order valence-corrected chi connectivity index (χ1v) is 7.28. The number of carbonyl (C=O) groups is 1. The maximum absolute atomic E-state index is 12.4. The Hall–Kier alpha value is -3.19. The molecule has 0 heterocycles. The summed E-state index contributed by atoms with van der Waals surface area (Å²) in [6, 6.07) is 12.4. The number of terminal acetylenes is 1. The third-order valence-corrected chi connectivity index (χ3v) is 3.28.